The van der Waals surface area contributed by atoms with Crippen LogP contribution in [0.4, 0.5) is 0 Å². The molecule has 3 heterocycles. The summed E-state index contributed by atoms with van der Waals surface area (Å²) in [5.74, 6) is -0.220. The van der Waals surface area contributed by atoms with E-state index in [1.165, 1.54) is 12.8 Å². The molecular weight excluding hydrogens is 294 g/mol. The molecule has 8 nitrogen and oxygen atoms in total. The zero-order chi connectivity index (χ0) is 16.4. The molecule has 1 aliphatic rings. The smallest absolute Gasteiger partial charge is 0.274 e. The fourth-order valence-electron chi connectivity index (χ4n) is 2.99. The molecule has 1 fully saturated rings. The van der Waals surface area contributed by atoms with E-state index in [1.54, 1.807) is 10.9 Å². The Bertz CT molecular complexity index is 682. The Balaban J connectivity index is 1.70. The van der Waals surface area contributed by atoms with Crippen molar-refractivity contribution in [3.63, 3.8) is 0 Å². The van der Waals surface area contributed by atoms with Gasteiger partial charge < -0.3 is 5.32 Å². The highest BCUT2D eigenvalue weighted by molar-refractivity contribution is 5.97. The Morgan fingerprint density at radius 1 is 1.35 bits per heavy atom. The molecule has 0 radical (unpaired) electrons. The first-order valence-electron chi connectivity index (χ1n) is 7.91. The minimum Gasteiger partial charge on any atom is -0.349 e. The zero-order valence-electron chi connectivity index (χ0n) is 13.8. The van der Waals surface area contributed by atoms with Crippen LogP contribution in [0, 0.1) is 0 Å². The largest absolute Gasteiger partial charge is 0.349 e. The van der Waals surface area contributed by atoms with Crippen LogP contribution in [-0.2, 0) is 7.05 Å². The minimum absolute atomic E-state index is 0.0669. The minimum atomic E-state index is -0.220. The molecule has 0 bridgehead atoms. The summed E-state index contributed by atoms with van der Waals surface area (Å²) in [6, 6.07) is 1.81. The van der Waals surface area contributed by atoms with Gasteiger partial charge in [-0.3, -0.25) is 14.4 Å². The van der Waals surface area contributed by atoms with E-state index < -0.39 is 0 Å². The monoisotopic (exact) mass is 317 g/mol. The van der Waals surface area contributed by atoms with Gasteiger partial charge in [-0.05, 0) is 45.8 Å². The van der Waals surface area contributed by atoms with Crippen LogP contribution in [0.1, 0.15) is 37.2 Å². The average Bonchev–Trinajstić information content (AvgIpc) is 3.24. The fourth-order valence-corrected chi connectivity index (χ4v) is 2.99. The molecule has 2 N–H and O–H groups in total. The molecule has 2 aromatic heterocycles. The summed E-state index contributed by atoms with van der Waals surface area (Å²) >= 11 is 0. The molecule has 0 unspecified atom stereocenters. The Morgan fingerprint density at radius 3 is 2.74 bits per heavy atom. The zero-order valence-corrected chi connectivity index (χ0v) is 13.8. The molecule has 3 rings (SSSR count). The third-order valence-corrected chi connectivity index (χ3v) is 4.47. The van der Waals surface area contributed by atoms with Crippen LogP contribution in [0.25, 0.3) is 11.4 Å². The normalized spacial score (nSPS) is 16.0. The second-order valence-electron chi connectivity index (χ2n) is 6.55. The third-order valence-electron chi connectivity index (χ3n) is 4.47. The number of aromatic nitrogens is 5. The fraction of sp³-hybridized carbons (Fsp3) is 0.600. The lowest BCUT2D eigenvalue weighted by molar-refractivity contribution is 0.0897. The number of likely N-dealkylation sites (tertiary alicyclic amines) is 1. The van der Waals surface area contributed by atoms with Crippen molar-refractivity contribution in [2.75, 3.05) is 19.6 Å². The highest BCUT2D eigenvalue weighted by atomic mass is 16.2. The van der Waals surface area contributed by atoms with E-state index in [0.29, 0.717) is 17.9 Å². The van der Waals surface area contributed by atoms with E-state index >= 15 is 0 Å². The number of amides is 1. The van der Waals surface area contributed by atoms with Crippen molar-refractivity contribution in [3.8, 4) is 11.4 Å². The van der Waals surface area contributed by atoms with Gasteiger partial charge in [0.2, 0.25) is 0 Å². The summed E-state index contributed by atoms with van der Waals surface area (Å²) in [6.07, 6.45) is 4.12. The maximum absolute atomic E-state index is 12.5. The Kier molecular flexibility index (Phi) is 4.16. The predicted molar refractivity (Wildman–Crippen MR) is 85.8 cm³/mol. The summed E-state index contributed by atoms with van der Waals surface area (Å²) < 4.78 is 1.67. The summed E-state index contributed by atoms with van der Waals surface area (Å²) in [6.45, 7) is 7.07. The van der Waals surface area contributed by atoms with Gasteiger partial charge in [0.25, 0.3) is 5.91 Å². The molecule has 1 aliphatic heterocycles. The van der Waals surface area contributed by atoms with Crippen molar-refractivity contribution in [1.82, 2.24) is 35.4 Å². The van der Waals surface area contributed by atoms with Crippen LogP contribution >= 0.6 is 0 Å². The lowest BCUT2D eigenvalue weighted by atomic mass is 10.0. The van der Waals surface area contributed by atoms with Gasteiger partial charge in [0.15, 0.2) is 5.69 Å². The third kappa shape index (κ3) is 3.12. The van der Waals surface area contributed by atoms with Crippen LogP contribution in [-0.4, -0.2) is 61.2 Å². The lowest BCUT2D eigenvalue weighted by Gasteiger charge is -2.35. The van der Waals surface area contributed by atoms with E-state index in [2.05, 4.69) is 44.6 Å². The number of H-pyrrole nitrogens is 1. The van der Waals surface area contributed by atoms with Crippen molar-refractivity contribution in [2.24, 2.45) is 7.05 Å². The first kappa shape index (κ1) is 15.7. The van der Waals surface area contributed by atoms with Gasteiger partial charge in [-0.15, -0.1) is 0 Å². The van der Waals surface area contributed by atoms with Gasteiger partial charge in [0.1, 0.15) is 5.69 Å². The van der Waals surface area contributed by atoms with Crippen LogP contribution in [0.2, 0.25) is 0 Å². The van der Waals surface area contributed by atoms with Gasteiger partial charge in [-0.25, -0.2) is 0 Å². The van der Waals surface area contributed by atoms with E-state index in [4.69, 9.17) is 0 Å². The molecule has 0 aromatic carbocycles. The molecule has 0 saturated carbocycles. The van der Waals surface area contributed by atoms with Crippen LogP contribution < -0.4 is 5.32 Å². The summed E-state index contributed by atoms with van der Waals surface area (Å²) in [7, 11) is 1.81. The maximum atomic E-state index is 12.5. The SMILES string of the molecule is Cn1nccc1-c1n[nH]nc1C(=O)NCC(C)(C)N1CCCC1. The maximum Gasteiger partial charge on any atom is 0.274 e. The Morgan fingerprint density at radius 2 is 2.09 bits per heavy atom. The summed E-state index contributed by atoms with van der Waals surface area (Å²) in [4.78, 5) is 14.9. The van der Waals surface area contributed by atoms with Crippen molar-refractivity contribution in [1.29, 1.82) is 0 Å². The second-order valence-corrected chi connectivity index (χ2v) is 6.55. The number of nitrogens with one attached hydrogen (secondary N) is 2. The van der Waals surface area contributed by atoms with Gasteiger partial charge >= 0.3 is 0 Å². The molecule has 0 spiro atoms. The first-order valence-corrected chi connectivity index (χ1v) is 7.91. The van der Waals surface area contributed by atoms with Crippen LogP contribution in [0.15, 0.2) is 12.3 Å². The van der Waals surface area contributed by atoms with Gasteiger partial charge in [0, 0.05) is 25.3 Å². The second kappa shape index (κ2) is 6.11. The highest BCUT2D eigenvalue weighted by Crippen LogP contribution is 2.21. The molecule has 0 atom stereocenters. The predicted octanol–water partition coefficient (Wildman–Crippen LogP) is 0.809. The molecular formula is C15H23N7O. The van der Waals surface area contributed by atoms with E-state index in [-0.39, 0.29) is 11.4 Å². The number of nitrogens with zero attached hydrogens (tertiary/aromatic N) is 5. The summed E-state index contributed by atoms with van der Waals surface area (Å²) in [5.41, 5.74) is 1.50. The number of rotatable bonds is 5. The number of aryl methyl sites for hydroxylation is 1. The molecule has 1 amide bonds. The van der Waals surface area contributed by atoms with E-state index in [1.807, 2.05) is 13.1 Å². The average molecular weight is 317 g/mol. The number of aromatic amines is 1. The van der Waals surface area contributed by atoms with Gasteiger partial charge in [0.05, 0.1) is 5.69 Å². The number of hydrogen-bond acceptors (Lipinski definition) is 5. The van der Waals surface area contributed by atoms with Crippen molar-refractivity contribution >= 4 is 5.91 Å². The van der Waals surface area contributed by atoms with Crippen molar-refractivity contribution in [2.45, 2.75) is 32.2 Å². The first-order chi connectivity index (χ1) is 11.0. The lowest BCUT2D eigenvalue weighted by Crippen LogP contribution is -2.50. The Labute approximate surface area is 135 Å². The van der Waals surface area contributed by atoms with Crippen molar-refractivity contribution < 1.29 is 4.79 Å². The van der Waals surface area contributed by atoms with Gasteiger partial charge in [-0.2, -0.15) is 20.5 Å². The quantitative estimate of drug-likeness (QED) is 0.851. The van der Waals surface area contributed by atoms with Crippen molar-refractivity contribution in [3.05, 3.63) is 18.0 Å². The summed E-state index contributed by atoms with van der Waals surface area (Å²) in [5, 5.41) is 17.7. The van der Waals surface area contributed by atoms with E-state index in [9.17, 15) is 4.79 Å². The Hall–Kier alpha value is -2.22. The van der Waals surface area contributed by atoms with E-state index in [0.717, 1.165) is 18.8 Å². The molecule has 1 saturated heterocycles. The number of hydrogen-bond donors (Lipinski definition) is 2. The van der Waals surface area contributed by atoms with Gasteiger partial charge in [-0.1, -0.05) is 0 Å². The molecule has 0 aliphatic carbocycles. The molecule has 8 heteroatoms. The molecule has 124 valence electrons. The topological polar surface area (TPSA) is 91.7 Å². The highest BCUT2D eigenvalue weighted by Gasteiger charge is 2.30. The van der Waals surface area contributed by atoms with Crippen LogP contribution in [0.3, 0.4) is 0 Å². The standard InChI is InChI=1S/C15H23N7O/c1-15(2,22-8-4-5-9-22)10-16-14(23)13-12(18-20-19-13)11-6-7-17-21(11)3/h6-7H,4-5,8-10H2,1-3H3,(H,16,23)(H,18,19,20). The molecule has 23 heavy (non-hydrogen) atoms. The number of carbonyl (C=O) groups is 1. The van der Waals surface area contributed by atoms with Crippen LogP contribution in [0.5, 0.6) is 0 Å². The molecule has 2 aromatic rings. The number of carbonyl (C=O) groups excluding carboxylic acids is 1.